The number of nitrogens with zero attached hydrogens (tertiary/aromatic N) is 3. The molecule has 1 aliphatic carbocycles. The standard InChI is InChI=1S/C28H31Cl2N3O3/c29-22-4-1-3-21(16-22)28(36)33-10-9-19-15-20(7-8-25(19)33)27(26(35)18-34)32-13-11-31(12-14-32)24-6-2-5-23(30)17-24/h2,5-8,15,17-18,21-22,27H,1,3-4,9-14,16H2/t21-,22?,27?/m1/s1. The van der Waals surface area contributed by atoms with E-state index in [4.69, 9.17) is 23.2 Å². The molecule has 0 N–H and O–H groups in total. The van der Waals surface area contributed by atoms with Crippen LogP contribution in [0.3, 0.4) is 0 Å². The predicted molar refractivity (Wildman–Crippen MR) is 143 cm³/mol. The third-order valence-electron chi connectivity index (χ3n) is 7.78. The van der Waals surface area contributed by atoms with Gasteiger partial charge in [0.2, 0.25) is 11.7 Å². The minimum absolute atomic E-state index is 0.0212. The summed E-state index contributed by atoms with van der Waals surface area (Å²) in [7, 11) is 0. The number of Topliss-reactive ketones (excluding diaryl/α,β-unsaturated/α-hetero) is 1. The Bertz CT molecular complexity index is 1150. The lowest BCUT2D eigenvalue weighted by atomic mass is 9.88. The van der Waals surface area contributed by atoms with Crippen LogP contribution in [0.25, 0.3) is 0 Å². The average molecular weight is 528 g/mol. The summed E-state index contributed by atoms with van der Waals surface area (Å²) >= 11 is 12.5. The number of halogens is 2. The van der Waals surface area contributed by atoms with Crippen LogP contribution < -0.4 is 9.80 Å². The number of benzene rings is 2. The Morgan fingerprint density at radius 3 is 2.53 bits per heavy atom. The number of anilines is 2. The lowest BCUT2D eigenvalue weighted by Gasteiger charge is -2.39. The molecular weight excluding hydrogens is 497 g/mol. The van der Waals surface area contributed by atoms with Gasteiger partial charge in [0, 0.05) is 60.4 Å². The second-order valence-corrected chi connectivity index (χ2v) is 11.1. The Labute approximate surface area is 222 Å². The molecule has 190 valence electrons. The summed E-state index contributed by atoms with van der Waals surface area (Å²) in [5.74, 6) is -0.302. The van der Waals surface area contributed by atoms with Gasteiger partial charge < -0.3 is 9.80 Å². The molecule has 2 aliphatic heterocycles. The van der Waals surface area contributed by atoms with Gasteiger partial charge in [-0.15, -0.1) is 11.6 Å². The van der Waals surface area contributed by atoms with E-state index in [1.54, 1.807) is 0 Å². The van der Waals surface area contributed by atoms with Crippen molar-refractivity contribution in [1.29, 1.82) is 0 Å². The SMILES string of the molecule is O=CC(=O)C(c1ccc2c(c1)CCN2C(=O)[C@@H]1CCCC(Cl)C1)N1CCN(c2cccc(Cl)c2)CC1. The first-order chi connectivity index (χ1) is 17.4. The monoisotopic (exact) mass is 527 g/mol. The van der Waals surface area contributed by atoms with Crippen molar-refractivity contribution in [2.45, 2.75) is 43.5 Å². The molecule has 2 heterocycles. The van der Waals surface area contributed by atoms with Crippen molar-refractivity contribution in [2.24, 2.45) is 5.92 Å². The van der Waals surface area contributed by atoms with Crippen LogP contribution >= 0.6 is 23.2 Å². The molecule has 2 fully saturated rings. The molecule has 2 aromatic rings. The predicted octanol–water partition coefficient (Wildman–Crippen LogP) is 4.66. The van der Waals surface area contributed by atoms with Crippen LogP contribution in [0.5, 0.6) is 0 Å². The fourth-order valence-corrected chi connectivity index (χ4v) is 6.48. The first-order valence-electron chi connectivity index (χ1n) is 12.8. The Balaban J connectivity index is 1.32. The Morgan fingerprint density at radius 2 is 1.81 bits per heavy atom. The van der Waals surface area contributed by atoms with Crippen molar-refractivity contribution < 1.29 is 14.4 Å². The number of amides is 1. The largest absolute Gasteiger partial charge is 0.369 e. The number of fused-ring (bicyclic) bond motifs is 1. The van der Waals surface area contributed by atoms with E-state index in [-0.39, 0.29) is 17.2 Å². The van der Waals surface area contributed by atoms with E-state index >= 15 is 0 Å². The molecule has 1 saturated carbocycles. The van der Waals surface area contributed by atoms with Gasteiger partial charge in [0.05, 0.1) is 0 Å². The zero-order valence-electron chi connectivity index (χ0n) is 20.2. The van der Waals surface area contributed by atoms with Crippen LogP contribution in [-0.2, 0) is 20.8 Å². The molecule has 1 saturated heterocycles. The minimum atomic E-state index is -0.616. The van der Waals surface area contributed by atoms with Gasteiger partial charge in [-0.05, 0) is 61.1 Å². The van der Waals surface area contributed by atoms with Crippen molar-refractivity contribution in [3.05, 3.63) is 58.6 Å². The molecule has 6 nitrogen and oxygen atoms in total. The van der Waals surface area contributed by atoms with Crippen LogP contribution in [0.4, 0.5) is 11.4 Å². The molecule has 0 radical (unpaired) electrons. The fourth-order valence-electron chi connectivity index (χ4n) is 5.93. The third-order valence-corrected chi connectivity index (χ3v) is 8.41. The van der Waals surface area contributed by atoms with Crippen molar-refractivity contribution in [3.8, 4) is 0 Å². The van der Waals surface area contributed by atoms with Crippen molar-refractivity contribution >= 4 is 52.6 Å². The van der Waals surface area contributed by atoms with Crippen LogP contribution in [0.1, 0.15) is 42.9 Å². The number of alkyl halides is 1. The van der Waals surface area contributed by atoms with E-state index in [9.17, 15) is 14.4 Å². The van der Waals surface area contributed by atoms with E-state index in [1.807, 2.05) is 47.4 Å². The van der Waals surface area contributed by atoms with Crippen LogP contribution in [-0.4, -0.2) is 61.0 Å². The van der Waals surface area contributed by atoms with E-state index < -0.39 is 11.8 Å². The molecule has 2 unspecified atom stereocenters. The summed E-state index contributed by atoms with van der Waals surface area (Å²) in [5, 5.41) is 0.771. The van der Waals surface area contributed by atoms with Gasteiger partial charge in [0.15, 0.2) is 6.29 Å². The highest BCUT2D eigenvalue weighted by atomic mass is 35.5. The molecule has 36 heavy (non-hydrogen) atoms. The van der Waals surface area contributed by atoms with Crippen LogP contribution in [0.15, 0.2) is 42.5 Å². The number of ketones is 1. The summed E-state index contributed by atoms with van der Waals surface area (Å²) in [6, 6.07) is 13.0. The lowest BCUT2D eigenvalue weighted by molar-refractivity contribution is -0.133. The Hall–Kier alpha value is -2.41. The maximum absolute atomic E-state index is 13.2. The van der Waals surface area contributed by atoms with Gasteiger partial charge >= 0.3 is 0 Å². The summed E-state index contributed by atoms with van der Waals surface area (Å²) in [6.07, 6.45) is 4.78. The summed E-state index contributed by atoms with van der Waals surface area (Å²) in [4.78, 5) is 43.9. The Morgan fingerprint density at radius 1 is 1.00 bits per heavy atom. The minimum Gasteiger partial charge on any atom is -0.369 e. The fraction of sp³-hybridized carbons (Fsp3) is 0.464. The summed E-state index contributed by atoms with van der Waals surface area (Å²) in [5.41, 5.74) is 3.85. The molecule has 0 bridgehead atoms. The van der Waals surface area contributed by atoms with Gasteiger partial charge in [-0.3, -0.25) is 19.3 Å². The van der Waals surface area contributed by atoms with Crippen LogP contribution in [0, 0.1) is 5.92 Å². The number of carbonyl (C=O) groups is 3. The lowest BCUT2D eigenvalue weighted by Crippen LogP contribution is -2.49. The van der Waals surface area contributed by atoms with Gasteiger partial charge in [0.1, 0.15) is 6.04 Å². The highest BCUT2D eigenvalue weighted by Crippen LogP contribution is 2.36. The Kier molecular flexibility index (Phi) is 7.65. The molecule has 0 aromatic heterocycles. The molecule has 2 aromatic carbocycles. The number of rotatable bonds is 6. The van der Waals surface area contributed by atoms with E-state index in [2.05, 4.69) is 9.80 Å². The van der Waals surface area contributed by atoms with Crippen molar-refractivity contribution in [2.75, 3.05) is 42.5 Å². The second-order valence-electron chi connectivity index (χ2n) is 10.0. The summed E-state index contributed by atoms with van der Waals surface area (Å²) < 4.78 is 0. The molecule has 3 atom stereocenters. The van der Waals surface area contributed by atoms with Crippen molar-refractivity contribution in [3.63, 3.8) is 0 Å². The smallest absolute Gasteiger partial charge is 0.230 e. The first kappa shape index (κ1) is 25.2. The maximum Gasteiger partial charge on any atom is 0.230 e. The molecule has 8 heteroatoms. The van der Waals surface area contributed by atoms with Gasteiger partial charge in [-0.1, -0.05) is 36.2 Å². The van der Waals surface area contributed by atoms with E-state index in [0.29, 0.717) is 30.9 Å². The normalized spacial score (nSPS) is 23.3. The van der Waals surface area contributed by atoms with Gasteiger partial charge in [-0.25, -0.2) is 0 Å². The second kappa shape index (κ2) is 10.9. The molecule has 1 amide bonds. The molecule has 5 rings (SSSR count). The number of aldehydes is 1. The number of piperazine rings is 1. The molecule has 3 aliphatic rings. The number of carbonyl (C=O) groups excluding carboxylic acids is 3. The molecular formula is C28H31Cl2N3O3. The molecule has 0 spiro atoms. The van der Waals surface area contributed by atoms with Crippen molar-refractivity contribution in [1.82, 2.24) is 4.90 Å². The number of hydrogen-bond donors (Lipinski definition) is 0. The van der Waals surface area contributed by atoms with Crippen LogP contribution in [0.2, 0.25) is 5.02 Å². The highest BCUT2D eigenvalue weighted by Gasteiger charge is 2.35. The first-order valence-corrected chi connectivity index (χ1v) is 13.6. The average Bonchev–Trinajstić information content (AvgIpc) is 3.32. The topological polar surface area (TPSA) is 60.9 Å². The maximum atomic E-state index is 13.2. The highest BCUT2D eigenvalue weighted by molar-refractivity contribution is 6.30. The van der Waals surface area contributed by atoms with E-state index in [1.165, 1.54) is 0 Å². The van der Waals surface area contributed by atoms with Gasteiger partial charge in [0.25, 0.3) is 0 Å². The van der Waals surface area contributed by atoms with E-state index in [0.717, 1.165) is 67.7 Å². The number of hydrogen-bond acceptors (Lipinski definition) is 5. The zero-order chi connectivity index (χ0) is 25.2. The quantitative estimate of drug-likeness (QED) is 0.310. The summed E-state index contributed by atoms with van der Waals surface area (Å²) in [6.45, 7) is 3.42. The van der Waals surface area contributed by atoms with Gasteiger partial charge in [-0.2, -0.15) is 0 Å². The zero-order valence-corrected chi connectivity index (χ0v) is 21.8. The third kappa shape index (κ3) is 5.17.